The van der Waals surface area contributed by atoms with Crippen LogP contribution in [0.4, 0.5) is 30.8 Å². The molecule has 3 rings (SSSR count). The fourth-order valence-corrected chi connectivity index (χ4v) is 3.87. The maximum atomic E-state index is 14.4. The number of hydrogen-bond acceptors (Lipinski definition) is 8. The number of rotatable bonds is 3. The van der Waals surface area contributed by atoms with E-state index in [-0.39, 0.29) is 33.5 Å². The molecule has 27 heavy (non-hydrogen) atoms. The summed E-state index contributed by atoms with van der Waals surface area (Å²) in [6.07, 6.45) is -3.87. The molecule has 0 aliphatic carbocycles. The number of methoxy groups -OCH3 is 1. The minimum absolute atomic E-state index is 0.133. The minimum Gasteiger partial charge on any atom is -0.496 e. The number of nitrogens with two attached hydrogens (primary N) is 2. The summed E-state index contributed by atoms with van der Waals surface area (Å²) in [4.78, 5) is 7.29. The summed E-state index contributed by atoms with van der Waals surface area (Å²) >= 11 is 0. The summed E-state index contributed by atoms with van der Waals surface area (Å²) in [5, 5.41) is 2.57. The zero-order valence-corrected chi connectivity index (χ0v) is 15.1. The number of anilines is 3. The third-order valence-corrected chi connectivity index (χ3v) is 5.56. The van der Waals surface area contributed by atoms with Gasteiger partial charge in [-0.15, -0.1) is 0 Å². The number of nitrogen functional groups attached to an aromatic ring is 2. The fourth-order valence-electron chi connectivity index (χ4n) is 3.23. The van der Waals surface area contributed by atoms with Gasteiger partial charge in [0.1, 0.15) is 22.8 Å². The molecule has 1 aliphatic rings. The molecule has 12 heteroatoms. The Balaban J connectivity index is 2.37. The van der Waals surface area contributed by atoms with Crippen molar-refractivity contribution in [2.45, 2.75) is 16.5 Å². The summed E-state index contributed by atoms with van der Waals surface area (Å²) in [6.45, 7) is -0.622. The predicted molar refractivity (Wildman–Crippen MR) is 92.3 cm³/mol. The van der Waals surface area contributed by atoms with Gasteiger partial charge in [-0.3, -0.25) is 0 Å². The Morgan fingerprint density at radius 1 is 1.26 bits per heavy atom. The fraction of sp³-hybridized carbons (Fsp3) is 0.333. The average Bonchev–Trinajstić information content (AvgIpc) is 2.93. The van der Waals surface area contributed by atoms with Crippen molar-refractivity contribution in [1.29, 1.82) is 0 Å². The molecular weight excluding hydrogens is 387 g/mol. The molecule has 0 saturated heterocycles. The van der Waals surface area contributed by atoms with E-state index in [0.717, 1.165) is 31.6 Å². The van der Waals surface area contributed by atoms with Crippen LogP contribution in [-0.2, 0) is 15.3 Å². The Labute approximate surface area is 152 Å². The lowest BCUT2D eigenvalue weighted by Gasteiger charge is -2.33. The Bertz CT molecular complexity index is 1030. The molecule has 0 amide bonds. The van der Waals surface area contributed by atoms with Gasteiger partial charge in [-0.25, -0.2) is 8.42 Å². The average molecular weight is 403 g/mol. The number of nitrogens with zero attached hydrogens (tertiary/aromatic N) is 2. The number of benzene rings is 1. The molecule has 0 spiro atoms. The first-order chi connectivity index (χ1) is 12.4. The summed E-state index contributed by atoms with van der Waals surface area (Å²) in [7, 11) is -2.49. The van der Waals surface area contributed by atoms with Crippen LogP contribution in [0.2, 0.25) is 0 Å². The molecule has 1 aromatic heterocycles. The number of alkyl halides is 3. The molecule has 1 unspecified atom stereocenters. The highest BCUT2D eigenvalue weighted by Crippen LogP contribution is 2.55. The highest BCUT2D eigenvalue weighted by atomic mass is 32.2. The molecule has 2 heterocycles. The van der Waals surface area contributed by atoms with Gasteiger partial charge in [-0.05, 0) is 12.1 Å². The highest BCUT2D eigenvalue weighted by Gasteiger charge is 2.63. The molecule has 146 valence electrons. The second-order valence-corrected chi connectivity index (χ2v) is 8.10. The van der Waals surface area contributed by atoms with Gasteiger partial charge >= 0.3 is 6.18 Å². The summed E-state index contributed by atoms with van der Waals surface area (Å²) in [6, 6.07) is 3.20. The third-order valence-electron chi connectivity index (χ3n) is 4.45. The van der Waals surface area contributed by atoms with Crippen molar-refractivity contribution >= 4 is 27.4 Å². The molecular formula is C15H16F3N5O3S. The number of aromatic nitrogens is 2. The lowest BCUT2D eigenvalue weighted by atomic mass is 9.75. The zero-order chi connectivity index (χ0) is 20.2. The normalized spacial score (nSPS) is 19.4. The standard InChI is InChI=1S/C15H16F3N5O3S/c1-26-9-5-7(27(2,24)25)3-4-8(9)14(15(16,17)18)6-21-12-10(14)11(19)22-13(20)23-12/h3-5H,6H2,1-2H3,(H5,19,20,21,22,23). The lowest BCUT2D eigenvalue weighted by Crippen LogP contribution is -2.46. The summed E-state index contributed by atoms with van der Waals surface area (Å²) < 4.78 is 71.7. The van der Waals surface area contributed by atoms with Crippen molar-refractivity contribution in [2.75, 3.05) is 36.7 Å². The SMILES string of the molecule is COc1cc(S(C)(=O)=O)ccc1C1(C(F)(F)F)CNc2nc(N)nc(N)c21. The van der Waals surface area contributed by atoms with Crippen LogP contribution in [0.15, 0.2) is 23.1 Å². The van der Waals surface area contributed by atoms with Gasteiger partial charge in [0.2, 0.25) is 5.95 Å². The molecule has 0 radical (unpaired) electrons. The molecule has 1 aromatic carbocycles. The van der Waals surface area contributed by atoms with E-state index in [2.05, 4.69) is 15.3 Å². The monoisotopic (exact) mass is 403 g/mol. The lowest BCUT2D eigenvalue weighted by molar-refractivity contribution is -0.172. The van der Waals surface area contributed by atoms with Crippen molar-refractivity contribution in [3.8, 4) is 5.75 Å². The molecule has 1 atom stereocenters. The maximum absolute atomic E-state index is 14.4. The molecule has 1 aliphatic heterocycles. The smallest absolute Gasteiger partial charge is 0.404 e. The number of halogens is 3. The van der Waals surface area contributed by atoms with Gasteiger partial charge in [0.05, 0.1) is 17.6 Å². The van der Waals surface area contributed by atoms with Crippen molar-refractivity contribution in [2.24, 2.45) is 0 Å². The number of ether oxygens (including phenoxy) is 1. The number of hydrogen-bond donors (Lipinski definition) is 3. The largest absolute Gasteiger partial charge is 0.496 e. The van der Waals surface area contributed by atoms with Crippen LogP contribution in [0, 0.1) is 0 Å². The first-order valence-corrected chi connectivity index (χ1v) is 9.43. The van der Waals surface area contributed by atoms with E-state index in [0.29, 0.717) is 0 Å². The van der Waals surface area contributed by atoms with Crippen LogP contribution in [-0.4, -0.2) is 44.5 Å². The first-order valence-electron chi connectivity index (χ1n) is 7.54. The molecule has 0 bridgehead atoms. The van der Waals surface area contributed by atoms with Crippen LogP contribution < -0.4 is 21.5 Å². The van der Waals surface area contributed by atoms with Crippen molar-refractivity contribution in [3.63, 3.8) is 0 Å². The Morgan fingerprint density at radius 3 is 2.48 bits per heavy atom. The number of fused-ring (bicyclic) bond motifs is 1. The van der Waals surface area contributed by atoms with Crippen LogP contribution in [0.5, 0.6) is 5.75 Å². The topological polar surface area (TPSA) is 133 Å². The van der Waals surface area contributed by atoms with Crippen molar-refractivity contribution in [1.82, 2.24) is 9.97 Å². The van der Waals surface area contributed by atoms with E-state index in [1.165, 1.54) is 0 Å². The van der Waals surface area contributed by atoms with Crippen LogP contribution >= 0.6 is 0 Å². The Morgan fingerprint density at radius 2 is 1.93 bits per heavy atom. The van der Waals surface area contributed by atoms with Gasteiger partial charge in [-0.1, -0.05) is 6.07 Å². The molecule has 0 saturated carbocycles. The van der Waals surface area contributed by atoms with E-state index < -0.39 is 33.8 Å². The first kappa shape index (κ1) is 19.0. The van der Waals surface area contributed by atoms with Gasteiger partial charge in [-0.2, -0.15) is 23.1 Å². The molecule has 0 fully saturated rings. The minimum atomic E-state index is -4.82. The Kier molecular flexibility index (Phi) is 4.14. The molecule has 5 N–H and O–H groups in total. The van der Waals surface area contributed by atoms with Gasteiger partial charge in [0, 0.05) is 18.4 Å². The van der Waals surface area contributed by atoms with Crippen molar-refractivity contribution in [3.05, 3.63) is 29.3 Å². The second kappa shape index (κ2) is 5.87. The van der Waals surface area contributed by atoms with Gasteiger partial charge in [0.15, 0.2) is 9.84 Å². The number of sulfone groups is 1. The second-order valence-electron chi connectivity index (χ2n) is 6.08. The highest BCUT2D eigenvalue weighted by molar-refractivity contribution is 7.90. The van der Waals surface area contributed by atoms with E-state index in [4.69, 9.17) is 16.2 Å². The molecule has 8 nitrogen and oxygen atoms in total. The third kappa shape index (κ3) is 2.80. The summed E-state index contributed by atoms with van der Waals surface area (Å²) in [5.74, 6) is -1.07. The van der Waals surface area contributed by atoms with E-state index in [1.54, 1.807) is 0 Å². The zero-order valence-electron chi connectivity index (χ0n) is 14.3. The quantitative estimate of drug-likeness (QED) is 0.699. The van der Waals surface area contributed by atoms with Crippen LogP contribution in [0.1, 0.15) is 11.1 Å². The predicted octanol–water partition coefficient (Wildman–Crippen LogP) is 1.33. The van der Waals surface area contributed by atoms with Crippen LogP contribution in [0.25, 0.3) is 0 Å². The number of nitrogens with one attached hydrogen (secondary N) is 1. The van der Waals surface area contributed by atoms with Crippen molar-refractivity contribution < 1.29 is 26.3 Å². The Hall–Kier alpha value is -2.76. The van der Waals surface area contributed by atoms with Gasteiger partial charge in [0.25, 0.3) is 0 Å². The molecule has 2 aromatic rings. The van der Waals surface area contributed by atoms with Gasteiger partial charge < -0.3 is 21.5 Å². The maximum Gasteiger partial charge on any atom is 0.404 e. The van der Waals surface area contributed by atoms with E-state index in [1.807, 2.05) is 0 Å². The summed E-state index contributed by atoms with van der Waals surface area (Å²) in [5.41, 5.74) is 7.92. The van der Waals surface area contributed by atoms with E-state index in [9.17, 15) is 21.6 Å². The van der Waals surface area contributed by atoms with Crippen LogP contribution in [0.3, 0.4) is 0 Å². The van der Waals surface area contributed by atoms with E-state index >= 15 is 0 Å².